The second-order valence-electron chi connectivity index (χ2n) is 4.46. The van der Waals surface area contributed by atoms with Crippen molar-refractivity contribution in [2.24, 2.45) is 11.1 Å². The summed E-state index contributed by atoms with van der Waals surface area (Å²) in [5, 5.41) is 43.1. The number of phenols is 1. The van der Waals surface area contributed by atoms with Gasteiger partial charge in [0, 0.05) is 6.54 Å². The van der Waals surface area contributed by atoms with E-state index in [-0.39, 0.29) is 0 Å². The summed E-state index contributed by atoms with van der Waals surface area (Å²) in [6.45, 7) is 0.760. The lowest BCUT2D eigenvalue weighted by molar-refractivity contribution is -0.0328. The molecule has 0 fully saturated rings. The van der Waals surface area contributed by atoms with E-state index in [1.807, 2.05) is 19.1 Å². The van der Waals surface area contributed by atoms with Crippen molar-refractivity contribution in [1.82, 2.24) is 0 Å². The predicted molar refractivity (Wildman–Crippen MR) is 71.5 cm³/mol. The van der Waals surface area contributed by atoms with Crippen LogP contribution in [-0.2, 0) is 6.54 Å². The number of nitrogens with two attached hydrogens (primary N) is 1. The van der Waals surface area contributed by atoms with Crippen LogP contribution in [0.5, 0.6) is 5.75 Å². The molecular weight excluding hydrogens is 250 g/mol. The molecule has 1 aromatic carbocycles. The van der Waals surface area contributed by atoms with E-state index in [9.17, 15) is 0 Å². The Bertz CT molecular complexity index is 349. The first-order valence-electron chi connectivity index (χ1n) is 5.90. The molecule has 0 aliphatic rings. The van der Waals surface area contributed by atoms with Crippen LogP contribution in [0.25, 0.3) is 0 Å². The summed E-state index contributed by atoms with van der Waals surface area (Å²) in [5.41, 5.74) is 6.20. The first kappa shape index (κ1) is 17.8. The molecule has 1 rings (SSSR count). The summed E-state index contributed by atoms with van der Waals surface area (Å²) >= 11 is 0. The molecule has 0 aliphatic heterocycles. The van der Waals surface area contributed by atoms with E-state index in [0.29, 0.717) is 12.3 Å². The fraction of sp³-hybridized carbons (Fsp3) is 0.538. The minimum absolute atomic E-state index is 0.331. The lowest BCUT2D eigenvalue weighted by atomic mass is 9.93. The van der Waals surface area contributed by atoms with Crippen molar-refractivity contribution in [2.45, 2.75) is 13.5 Å². The van der Waals surface area contributed by atoms with Crippen molar-refractivity contribution in [3.05, 3.63) is 29.3 Å². The summed E-state index contributed by atoms with van der Waals surface area (Å²) in [7, 11) is 0. The Labute approximate surface area is 112 Å². The molecule has 0 bridgehead atoms. The van der Waals surface area contributed by atoms with Gasteiger partial charge in [-0.1, -0.05) is 12.1 Å². The Morgan fingerprint density at radius 2 is 1.47 bits per heavy atom. The zero-order valence-electron chi connectivity index (χ0n) is 11.1. The molecule has 6 heteroatoms. The molecule has 0 atom stereocenters. The standard InChI is InChI=1S/C8H11NO.C5H12O4/c1-6-4-7(5-9)2-3-8(6)10;6-1-5(2-7,3-8)4-9/h2-4,10H,5,9H2,1H3;6-9H,1-4H2. The van der Waals surface area contributed by atoms with Crippen LogP contribution in [0.15, 0.2) is 18.2 Å². The minimum Gasteiger partial charge on any atom is -0.508 e. The average molecular weight is 273 g/mol. The zero-order valence-corrected chi connectivity index (χ0v) is 11.1. The Hall–Kier alpha value is -1.18. The van der Waals surface area contributed by atoms with Crippen LogP contribution in [-0.4, -0.2) is 52.0 Å². The van der Waals surface area contributed by atoms with Gasteiger partial charge in [-0.3, -0.25) is 0 Å². The molecule has 1 aromatic rings. The molecule has 110 valence electrons. The fourth-order valence-corrected chi connectivity index (χ4v) is 1.14. The SMILES string of the molecule is Cc1cc(CN)ccc1O.OCC(CO)(CO)CO. The van der Waals surface area contributed by atoms with Crippen molar-refractivity contribution in [3.63, 3.8) is 0 Å². The van der Waals surface area contributed by atoms with Gasteiger partial charge in [-0.2, -0.15) is 0 Å². The van der Waals surface area contributed by atoms with Gasteiger partial charge in [-0.15, -0.1) is 0 Å². The number of aromatic hydroxyl groups is 1. The van der Waals surface area contributed by atoms with Crippen LogP contribution >= 0.6 is 0 Å². The van der Waals surface area contributed by atoms with Crippen molar-refractivity contribution in [1.29, 1.82) is 0 Å². The quantitative estimate of drug-likeness (QED) is 0.413. The number of aliphatic hydroxyl groups is 4. The molecule has 0 aliphatic carbocycles. The van der Waals surface area contributed by atoms with E-state index in [1.54, 1.807) is 6.07 Å². The van der Waals surface area contributed by atoms with E-state index >= 15 is 0 Å². The van der Waals surface area contributed by atoms with Crippen LogP contribution in [0.2, 0.25) is 0 Å². The molecule has 0 amide bonds. The topological polar surface area (TPSA) is 127 Å². The lowest BCUT2D eigenvalue weighted by Gasteiger charge is -2.23. The number of aryl methyl sites for hydroxylation is 1. The van der Waals surface area contributed by atoms with E-state index in [0.717, 1.165) is 11.1 Å². The maximum atomic E-state index is 9.10. The first-order valence-corrected chi connectivity index (χ1v) is 5.90. The second kappa shape index (κ2) is 8.84. The number of phenolic OH excluding ortho intramolecular Hbond substituents is 1. The van der Waals surface area contributed by atoms with Gasteiger partial charge >= 0.3 is 0 Å². The number of aliphatic hydroxyl groups excluding tert-OH is 4. The smallest absolute Gasteiger partial charge is 0.118 e. The third-order valence-corrected chi connectivity index (χ3v) is 2.84. The Kier molecular flexibility index (Phi) is 8.29. The maximum Gasteiger partial charge on any atom is 0.118 e. The van der Waals surface area contributed by atoms with Gasteiger partial charge in [0.15, 0.2) is 0 Å². The molecule has 6 nitrogen and oxygen atoms in total. The summed E-state index contributed by atoms with van der Waals surface area (Å²) in [6, 6.07) is 5.37. The third-order valence-electron chi connectivity index (χ3n) is 2.84. The minimum atomic E-state index is -1.11. The number of rotatable bonds is 5. The van der Waals surface area contributed by atoms with Gasteiger partial charge in [0.25, 0.3) is 0 Å². The highest BCUT2D eigenvalue weighted by Crippen LogP contribution is 2.16. The molecule has 7 N–H and O–H groups in total. The Balaban J connectivity index is 0.000000344. The van der Waals surface area contributed by atoms with Gasteiger partial charge in [0.1, 0.15) is 5.75 Å². The Morgan fingerprint density at radius 3 is 1.74 bits per heavy atom. The lowest BCUT2D eigenvalue weighted by Crippen LogP contribution is -2.37. The molecule has 0 saturated heterocycles. The van der Waals surface area contributed by atoms with E-state index in [4.69, 9.17) is 31.3 Å². The maximum absolute atomic E-state index is 9.10. The highest BCUT2D eigenvalue weighted by Gasteiger charge is 2.26. The molecule has 0 heterocycles. The van der Waals surface area contributed by atoms with E-state index < -0.39 is 31.8 Å². The van der Waals surface area contributed by atoms with Gasteiger partial charge in [0.2, 0.25) is 0 Å². The van der Waals surface area contributed by atoms with Crippen molar-refractivity contribution >= 4 is 0 Å². The van der Waals surface area contributed by atoms with Crippen molar-refractivity contribution in [3.8, 4) is 5.75 Å². The molecule has 0 saturated carbocycles. The van der Waals surface area contributed by atoms with Crippen LogP contribution in [0.1, 0.15) is 11.1 Å². The molecule has 0 radical (unpaired) electrons. The van der Waals surface area contributed by atoms with Crippen molar-refractivity contribution in [2.75, 3.05) is 26.4 Å². The molecular formula is C13H23NO5. The highest BCUT2D eigenvalue weighted by atomic mass is 16.3. The summed E-state index contributed by atoms with van der Waals surface area (Å²) in [6.07, 6.45) is 0. The largest absolute Gasteiger partial charge is 0.508 e. The van der Waals surface area contributed by atoms with Crippen LogP contribution < -0.4 is 5.73 Å². The summed E-state index contributed by atoms with van der Waals surface area (Å²) in [4.78, 5) is 0. The van der Waals surface area contributed by atoms with Gasteiger partial charge in [-0.25, -0.2) is 0 Å². The normalized spacial score (nSPS) is 10.8. The van der Waals surface area contributed by atoms with Crippen LogP contribution in [0.4, 0.5) is 0 Å². The molecule has 0 unspecified atom stereocenters. The molecule has 19 heavy (non-hydrogen) atoms. The monoisotopic (exact) mass is 273 g/mol. The van der Waals surface area contributed by atoms with Gasteiger partial charge < -0.3 is 31.3 Å². The average Bonchev–Trinajstić information content (AvgIpc) is 2.46. The van der Waals surface area contributed by atoms with E-state index in [1.165, 1.54) is 0 Å². The van der Waals surface area contributed by atoms with Gasteiger partial charge in [0.05, 0.1) is 31.8 Å². The molecule has 0 spiro atoms. The third kappa shape index (κ3) is 5.54. The Morgan fingerprint density at radius 1 is 1.00 bits per heavy atom. The summed E-state index contributed by atoms with van der Waals surface area (Å²) < 4.78 is 0. The van der Waals surface area contributed by atoms with Crippen LogP contribution in [0, 0.1) is 12.3 Å². The van der Waals surface area contributed by atoms with E-state index in [2.05, 4.69) is 0 Å². The fourth-order valence-electron chi connectivity index (χ4n) is 1.14. The summed E-state index contributed by atoms with van der Waals surface area (Å²) in [5.74, 6) is 0.331. The second-order valence-corrected chi connectivity index (χ2v) is 4.46. The zero-order chi connectivity index (χ0) is 14.9. The van der Waals surface area contributed by atoms with Crippen LogP contribution in [0.3, 0.4) is 0 Å². The highest BCUT2D eigenvalue weighted by molar-refractivity contribution is 5.34. The predicted octanol–water partition coefficient (Wildman–Crippen LogP) is -0.899. The molecule has 0 aromatic heterocycles. The first-order chi connectivity index (χ1) is 8.98. The number of hydrogen-bond acceptors (Lipinski definition) is 6. The number of benzene rings is 1. The van der Waals surface area contributed by atoms with Gasteiger partial charge in [-0.05, 0) is 24.1 Å². The van der Waals surface area contributed by atoms with Crippen molar-refractivity contribution < 1.29 is 25.5 Å². The number of hydrogen-bond donors (Lipinski definition) is 6.